The SMILES string of the molecule is CC1=CC(C)CC(C)C(=O)OC/C(C)=C/CC1. The monoisotopic (exact) mass is 236 g/mol. The van der Waals surface area contributed by atoms with Crippen molar-refractivity contribution in [2.24, 2.45) is 11.8 Å². The van der Waals surface area contributed by atoms with Crippen molar-refractivity contribution < 1.29 is 9.53 Å². The Kier molecular flexibility index (Phi) is 5.46. The fraction of sp³-hybridized carbons (Fsp3) is 0.667. The van der Waals surface area contributed by atoms with Crippen LogP contribution in [0.3, 0.4) is 0 Å². The molecule has 96 valence electrons. The molecule has 1 aliphatic heterocycles. The zero-order valence-corrected chi connectivity index (χ0v) is 11.5. The van der Waals surface area contributed by atoms with Crippen molar-refractivity contribution in [1.82, 2.24) is 0 Å². The number of esters is 1. The van der Waals surface area contributed by atoms with E-state index in [1.54, 1.807) is 0 Å². The molecule has 0 saturated carbocycles. The summed E-state index contributed by atoms with van der Waals surface area (Å²) in [7, 11) is 0. The Morgan fingerprint density at radius 3 is 2.65 bits per heavy atom. The highest BCUT2D eigenvalue weighted by molar-refractivity contribution is 5.72. The van der Waals surface area contributed by atoms with Crippen LogP contribution in [0.4, 0.5) is 0 Å². The predicted octanol–water partition coefficient (Wildman–Crippen LogP) is 3.88. The highest BCUT2D eigenvalue weighted by Gasteiger charge is 2.17. The molecule has 0 aromatic rings. The lowest BCUT2D eigenvalue weighted by atomic mass is 9.94. The van der Waals surface area contributed by atoms with E-state index in [-0.39, 0.29) is 11.9 Å². The van der Waals surface area contributed by atoms with Crippen LogP contribution >= 0.6 is 0 Å². The number of rotatable bonds is 0. The predicted molar refractivity (Wildman–Crippen MR) is 70.7 cm³/mol. The van der Waals surface area contributed by atoms with Gasteiger partial charge in [-0.2, -0.15) is 0 Å². The van der Waals surface area contributed by atoms with Crippen LogP contribution in [0.2, 0.25) is 0 Å². The molecule has 2 atom stereocenters. The number of ether oxygens (including phenoxy) is 1. The van der Waals surface area contributed by atoms with Gasteiger partial charge in [0.25, 0.3) is 0 Å². The summed E-state index contributed by atoms with van der Waals surface area (Å²) < 4.78 is 5.29. The average molecular weight is 236 g/mol. The van der Waals surface area contributed by atoms with Gasteiger partial charge in [0.2, 0.25) is 0 Å². The second-order valence-corrected chi connectivity index (χ2v) is 5.32. The number of cyclic esters (lactones) is 1. The van der Waals surface area contributed by atoms with Crippen molar-refractivity contribution >= 4 is 5.97 Å². The molecule has 0 aliphatic carbocycles. The van der Waals surface area contributed by atoms with Gasteiger partial charge in [0.1, 0.15) is 6.61 Å². The van der Waals surface area contributed by atoms with Gasteiger partial charge in [-0.05, 0) is 44.6 Å². The van der Waals surface area contributed by atoms with Crippen LogP contribution in [-0.4, -0.2) is 12.6 Å². The van der Waals surface area contributed by atoms with E-state index in [2.05, 4.69) is 26.0 Å². The van der Waals surface area contributed by atoms with Crippen molar-refractivity contribution in [2.45, 2.75) is 47.0 Å². The summed E-state index contributed by atoms with van der Waals surface area (Å²) in [6, 6.07) is 0. The molecule has 0 N–H and O–H groups in total. The van der Waals surface area contributed by atoms with Gasteiger partial charge in [0, 0.05) is 0 Å². The summed E-state index contributed by atoms with van der Waals surface area (Å²) in [4.78, 5) is 11.7. The molecule has 0 amide bonds. The number of carbonyl (C=O) groups is 1. The summed E-state index contributed by atoms with van der Waals surface area (Å²) in [5.41, 5.74) is 2.56. The molecule has 0 bridgehead atoms. The Bertz CT molecular complexity index is 326. The second kappa shape index (κ2) is 6.63. The third-order valence-corrected chi connectivity index (χ3v) is 3.17. The first-order valence-electron chi connectivity index (χ1n) is 6.48. The quantitative estimate of drug-likeness (QED) is 0.471. The van der Waals surface area contributed by atoms with E-state index in [9.17, 15) is 4.79 Å². The first-order valence-corrected chi connectivity index (χ1v) is 6.48. The Labute approximate surface area is 105 Å². The van der Waals surface area contributed by atoms with Crippen LogP contribution < -0.4 is 0 Å². The highest BCUT2D eigenvalue weighted by Crippen LogP contribution is 2.19. The zero-order chi connectivity index (χ0) is 12.8. The summed E-state index contributed by atoms with van der Waals surface area (Å²) >= 11 is 0. The summed E-state index contributed by atoms with van der Waals surface area (Å²) in [5.74, 6) is 0.361. The van der Waals surface area contributed by atoms with Crippen molar-refractivity contribution in [3.63, 3.8) is 0 Å². The molecule has 2 nitrogen and oxygen atoms in total. The fourth-order valence-corrected chi connectivity index (χ4v) is 2.22. The van der Waals surface area contributed by atoms with E-state index in [0.717, 1.165) is 24.8 Å². The van der Waals surface area contributed by atoms with E-state index < -0.39 is 0 Å². The zero-order valence-electron chi connectivity index (χ0n) is 11.5. The molecule has 0 radical (unpaired) electrons. The molecule has 0 spiro atoms. The molecule has 2 unspecified atom stereocenters. The van der Waals surface area contributed by atoms with Gasteiger partial charge in [-0.15, -0.1) is 0 Å². The second-order valence-electron chi connectivity index (χ2n) is 5.32. The molecule has 1 heterocycles. The minimum atomic E-state index is -0.0729. The van der Waals surface area contributed by atoms with Crippen LogP contribution in [0.25, 0.3) is 0 Å². The maximum absolute atomic E-state index is 11.7. The van der Waals surface area contributed by atoms with E-state index in [1.807, 2.05) is 13.8 Å². The lowest BCUT2D eigenvalue weighted by molar-refractivity contribution is -0.147. The van der Waals surface area contributed by atoms with Crippen LogP contribution in [0.5, 0.6) is 0 Å². The lowest BCUT2D eigenvalue weighted by Gasteiger charge is -2.16. The third-order valence-electron chi connectivity index (χ3n) is 3.17. The molecule has 0 aromatic carbocycles. The van der Waals surface area contributed by atoms with Crippen molar-refractivity contribution in [3.05, 3.63) is 23.3 Å². The van der Waals surface area contributed by atoms with Gasteiger partial charge in [-0.3, -0.25) is 4.79 Å². The van der Waals surface area contributed by atoms with Crippen molar-refractivity contribution in [3.8, 4) is 0 Å². The first kappa shape index (κ1) is 14.0. The Morgan fingerprint density at radius 1 is 1.24 bits per heavy atom. The molecule has 1 aliphatic rings. The molecular weight excluding hydrogens is 212 g/mol. The summed E-state index contributed by atoms with van der Waals surface area (Å²) in [5, 5.41) is 0. The van der Waals surface area contributed by atoms with Crippen molar-refractivity contribution in [2.75, 3.05) is 6.61 Å². The number of hydrogen-bond acceptors (Lipinski definition) is 2. The van der Waals surface area contributed by atoms with Gasteiger partial charge in [0.05, 0.1) is 5.92 Å². The molecule has 1 rings (SSSR count). The van der Waals surface area contributed by atoms with Crippen LogP contribution in [0, 0.1) is 11.8 Å². The summed E-state index contributed by atoms with van der Waals surface area (Å²) in [6.45, 7) is 8.76. The van der Waals surface area contributed by atoms with E-state index in [0.29, 0.717) is 12.5 Å². The van der Waals surface area contributed by atoms with E-state index in [1.165, 1.54) is 5.57 Å². The number of carbonyl (C=O) groups excluding carboxylic acids is 1. The van der Waals surface area contributed by atoms with Crippen LogP contribution in [0.1, 0.15) is 47.0 Å². The summed E-state index contributed by atoms with van der Waals surface area (Å²) in [6.07, 6.45) is 7.47. The third kappa shape index (κ3) is 5.20. The molecule has 0 aromatic heterocycles. The molecule has 0 saturated heterocycles. The van der Waals surface area contributed by atoms with Gasteiger partial charge < -0.3 is 4.74 Å². The normalized spacial score (nSPS) is 31.4. The maximum Gasteiger partial charge on any atom is 0.308 e. The molecular formula is C15H24O2. The average Bonchev–Trinajstić information content (AvgIpc) is 2.24. The van der Waals surface area contributed by atoms with E-state index >= 15 is 0 Å². The standard InChI is InChI=1S/C15H24O2/c1-11-6-5-7-12(2)10-17-15(16)14(4)9-13(3)8-11/h7-8,13-14H,5-6,9-10H2,1-4H3/b11-8?,12-7+. The Hall–Kier alpha value is -1.05. The molecule has 17 heavy (non-hydrogen) atoms. The Balaban J connectivity index is 2.76. The van der Waals surface area contributed by atoms with Crippen LogP contribution in [-0.2, 0) is 9.53 Å². The maximum atomic E-state index is 11.7. The Morgan fingerprint density at radius 2 is 1.94 bits per heavy atom. The largest absolute Gasteiger partial charge is 0.461 e. The van der Waals surface area contributed by atoms with E-state index in [4.69, 9.17) is 4.74 Å². The smallest absolute Gasteiger partial charge is 0.308 e. The number of allylic oxidation sites excluding steroid dienone is 3. The van der Waals surface area contributed by atoms with Crippen LogP contribution in [0.15, 0.2) is 23.3 Å². The number of hydrogen-bond donors (Lipinski definition) is 0. The highest BCUT2D eigenvalue weighted by atomic mass is 16.5. The molecule has 2 heteroatoms. The lowest BCUT2D eigenvalue weighted by Crippen LogP contribution is -2.18. The van der Waals surface area contributed by atoms with Gasteiger partial charge in [0.15, 0.2) is 0 Å². The van der Waals surface area contributed by atoms with Gasteiger partial charge in [-0.25, -0.2) is 0 Å². The van der Waals surface area contributed by atoms with Crippen molar-refractivity contribution in [1.29, 1.82) is 0 Å². The minimum Gasteiger partial charge on any atom is -0.461 e. The van der Waals surface area contributed by atoms with Gasteiger partial charge in [-0.1, -0.05) is 31.6 Å². The van der Waals surface area contributed by atoms with Gasteiger partial charge >= 0.3 is 5.97 Å². The molecule has 0 fully saturated rings. The fourth-order valence-electron chi connectivity index (χ4n) is 2.22. The minimum absolute atomic E-state index is 0.0127. The first-order chi connectivity index (χ1) is 7.99. The topological polar surface area (TPSA) is 26.3 Å².